The predicted molar refractivity (Wildman–Crippen MR) is 61.7 cm³/mol. The summed E-state index contributed by atoms with van der Waals surface area (Å²) in [6, 6.07) is 10.2. The highest BCUT2D eigenvalue weighted by Crippen LogP contribution is 2.22. The van der Waals surface area contributed by atoms with E-state index in [1.807, 2.05) is 18.2 Å². The van der Waals surface area contributed by atoms with E-state index in [0.717, 1.165) is 4.48 Å². The molecule has 0 saturated heterocycles. The van der Waals surface area contributed by atoms with Crippen LogP contribution < -0.4 is 0 Å². The zero-order valence-corrected chi connectivity index (χ0v) is 9.97. The highest BCUT2D eigenvalue weighted by atomic mass is 79.9. The topological polar surface area (TPSA) is 0 Å². The lowest BCUT2D eigenvalue weighted by Crippen LogP contribution is -1.83. The van der Waals surface area contributed by atoms with Crippen molar-refractivity contribution < 1.29 is 0 Å². The number of hydrogen-bond acceptors (Lipinski definition) is 0. The van der Waals surface area contributed by atoms with Gasteiger partial charge in [-0.1, -0.05) is 68.3 Å². The van der Waals surface area contributed by atoms with E-state index in [-0.39, 0.29) is 0 Å². The smallest absolute Gasteiger partial charge is 0.0311 e. The average molecular weight is 290 g/mol. The van der Waals surface area contributed by atoms with Crippen LogP contribution in [0.3, 0.4) is 0 Å². The molecule has 0 heterocycles. The van der Waals surface area contributed by atoms with Crippen LogP contribution in [-0.4, -0.2) is 4.83 Å². The second-order valence-corrected chi connectivity index (χ2v) is 4.86. The van der Waals surface area contributed by atoms with E-state index in [1.165, 1.54) is 5.56 Å². The van der Waals surface area contributed by atoms with E-state index < -0.39 is 0 Å². The van der Waals surface area contributed by atoms with Gasteiger partial charge in [-0.05, 0) is 12.5 Å². The molecular weight excluding hydrogens is 280 g/mol. The Bertz CT molecular complexity index is 262. The molecule has 0 aromatic heterocycles. The Balaban J connectivity index is 2.85. The molecule has 2 heteroatoms. The molecular formula is C10H10Br2. The van der Waals surface area contributed by atoms with Crippen LogP contribution in [0.2, 0.25) is 0 Å². The molecule has 0 aliphatic rings. The lowest BCUT2D eigenvalue weighted by Gasteiger charge is -1.99. The predicted octanol–water partition coefficient (Wildman–Crippen LogP) is 4.21. The first-order chi connectivity index (χ1) is 5.70. The summed E-state index contributed by atoms with van der Waals surface area (Å²) < 4.78 is 1.13. The van der Waals surface area contributed by atoms with Crippen molar-refractivity contribution in [2.45, 2.75) is 11.8 Å². The second-order valence-electron chi connectivity index (χ2n) is 2.56. The molecule has 1 unspecified atom stereocenters. The van der Waals surface area contributed by atoms with Crippen LogP contribution in [0.25, 0.3) is 4.48 Å². The van der Waals surface area contributed by atoms with E-state index in [1.54, 1.807) is 0 Å². The molecule has 0 aliphatic carbocycles. The van der Waals surface area contributed by atoms with Gasteiger partial charge in [-0.15, -0.1) is 0 Å². The van der Waals surface area contributed by atoms with Crippen LogP contribution in [0.1, 0.15) is 12.5 Å². The summed E-state index contributed by atoms with van der Waals surface area (Å²) in [5, 5.41) is 0. The maximum absolute atomic E-state index is 3.52. The summed E-state index contributed by atoms with van der Waals surface area (Å²) >= 11 is 6.98. The highest BCUT2D eigenvalue weighted by Gasteiger charge is 1.97. The van der Waals surface area contributed by atoms with Crippen LogP contribution in [-0.2, 0) is 0 Å². The van der Waals surface area contributed by atoms with E-state index in [9.17, 15) is 0 Å². The van der Waals surface area contributed by atoms with Gasteiger partial charge < -0.3 is 0 Å². The maximum atomic E-state index is 3.52. The van der Waals surface area contributed by atoms with Crippen molar-refractivity contribution in [1.29, 1.82) is 0 Å². The third kappa shape index (κ3) is 3.11. The monoisotopic (exact) mass is 288 g/mol. The minimum Gasteiger partial charge on any atom is -0.0848 e. The standard InChI is InChI=1S/C10H10Br2/c1-8(11)7-10(12)9-5-3-2-4-6-9/h2-8H,1H3/b10-7-. The Labute approximate surface area is 89.9 Å². The van der Waals surface area contributed by atoms with Gasteiger partial charge in [0.15, 0.2) is 0 Å². The van der Waals surface area contributed by atoms with Gasteiger partial charge in [-0.2, -0.15) is 0 Å². The fourth-order valence-corrected chi connectivity index (χ4v) is 2.18. The minimum absolute atomic E-state index is 0.395. The molecule has 0 saturated carbocycles. The van der Waals surface area contributed by atoms with Gasteiger partial charge in [0.05, 0.1) is 0 Å². The summed E-state index contributed by atoms with van der Waals surface area (Å²) in [7, 11) is 0. The molecule has 0 fully saturated rings. The van der Waals surface area contributed by atoms with Gasteiger partial charge in [0.1, 0.15) is 0 Å². The minimum atomic E-state index is 0.395. The lowest BCUT2D eigenvalue weighted by atomic mass is 10.2. The van der Waals surface area contributed by atoms with Crippen molar-refractivity contribution in [3.8, 4) is 0 Å². The van der Waals surface area contributed by atoms with Crippen LogP contribution in [0, 0.1) is 0 Å². The van der Waals surface area contributed by atoms with Crippen molar-refractivity contribution in [2.24, 2.45) is 0 Å². The van der Waals surface area contributed by atoms with Crippen molar-refractivity contribution in [2.75, 3.05) is 0 Å². The van der Waals surface area contributed by atoms with Crippen molar-refractivity contribution in [3.63, 3.8) is 0 Å². The van der Waals surface area contributed by atoms with Gasteiger partial charge in [-0.25, -0.2) is 0 Å². The van der Waals surface area contributed by atoms with E-state index in [0.29, 0.717) is 4.83 Å². The maximum Gasteiger partial charge on any atom is 0.0311 e. The average Bonchev–Trinajstić information content (AvgIpc) is 2.05. The van der Waals surface area contributed by atoms with Crippen molar-refractivity contribution in [3.05, 3.63) is 42.0 Å². The summed E-state index contributed by atoms with van der Waals surface area (Å²) in [5.74, 6) is 0. The lowest BCUT2D eigenvalue weighted by molar-refractivity contribution is 1.28. The number of allylic oxidation sites excluding steroid dienone is 1. The molecule has 12 heavy (non-hydrogen) atoms. The third-order valence-electron chi connectivity index (χ3n) is 1.43. The summed E-state index contributed by atoms with van der Waals surface area (Å²) in [5.41, 5.74) is 1.21. The van der Waals surface area contributed by atoms with Gasteiger partial charge in [0, 0.05) is 9.31 Å². The largest absolute Gasteiger partial charge is 0.0848 e. The van der Waals surface area contributed by atoms with Gasteiger partial charge in [-0.3, -0.25) is 0 Å². The fourth-order valence-electron chi connectivity index (χ4n) is 0.895. The van der Waals surface area contributed by atoms with Crippen LogP contribution >= 0.6 is 31.9 Å². The molecule has 1 atom stereocenters. The molecule has 1 rings (SSSR count). The quantitative estimate of drug-likeness (QED) is 0.716. The first-order valence-electron chi connectivity index (χ1n) is 3.77. The van der Waals surface area contributed by atoms with Gasteiger partial charge in [0.25, 0.3) is 0 Å². The Hall–Kier alpha value is -0.0800. The summed E-state index contributed by atoms with van der Waals surface area (Å²) in [4.78, 5) is 0.395. The SMILES string of the molecule is CC(Br)/C=C(\Br)c1ccccc1. The van der Waals surface area contributed by atoms with Crippen LogP contribution in [0.4, 0.5) is 0 Å². The third-order valence-corrected chi connectivity index (χ3v) is 2.41. The zero-order valence-electron chi connectivity index (χ0n) is 6.80. The van der Waals surface area contributed by atoms with E-state index in [2.05, 4.69) is 57.0 Å². The van der Waals surface area contributed by atoms with Crippen LogP contribution in [0.5, 0.6) is 0 Å². The zero-order chi connectivity index (χ0) is 8.97. The van der Waals surface area contributed by atoms with Crippen molar-refractivity contribution >= 4 is 36.3 Å². The number of benzene rings is 1. The Kier molecular flexibility index (Phi) is 4.02. The summed E-state index contributed by atoms with van der Waals surface area (Å²) in [6.07, 6.45) is 2.12. The van der Waals surface area contributed by atoms with Crippen LogP contribution in [0.15, 0.2) is 36.4 Å². The number of hydrogen-bond donors (Lipinski definition) is 0. The highest BCUT2D eigenvalue weighted by molar-refractivity contribution is 9.15. The molecule has 0 nitrogen and oxygen atoms in total. The molecule has 0 aliphatic heterocycles. The Morgan fingerprint density at radius 2 is 1.92 bits per heavy atom. The van der Waals surface area contributed by atoms with Gasteiger partial charge >= 0.3 is 0 Å². The fraction of sp³-hybridized carbons (Fsp3) is 0.200. The first kappa shape index (κ1) is 10.0. The van der Waals surface area contributed by atoms with E-state index in [4.69, 9.17) is 0 Å². The van der Waals surface area contributed by atoms with Gasteiger partial charge in [0.2, 0.25) is 0 Å². The molecule has 1 aromatic carbocycles. The molecule has 0 spiro atoms. The van der Waals surface area contributed by atoms with Crippen molar-refractivity contribution in [1.82, 2.24) is 0 Å². The molecule has 0 radical (unpaired) electrons. The van der Waals surface area contributed by atoms with E-state index >= 15 is 0 Å². The number of alkyl halides is 1. The second kappa shape index (κ2) is 4.83. The summed E-state index contributed by atoms with van der Waals surface area (Å²) in [6.45, 7) is 2.09. The molecule has 0 amide bonds. The normalized spacial score (nSPS) is 14.4. The molecule has 0 N–H and O–H groups in total. The Morgan fingerprint density at radius 3 is 2.42 bits per heavy atom. The molecule has 1 aromatic rings. The first-order valence-corrected chi connectivity index (χ1v) is 5.48. The Morgan fingerprint density at radius 1 is 1.33 bits per heavy atom. The number of halogens is 2. The molecule has 64 valence electrons. The molecule has 0 bridgehead atoms. The number of rotatable bonds is 2.